The van der Waals surface area contributed by atoms with Gasteiger partial charge in [0.1, 0.15) is 10.7 Å². The number of hydrogen-bond acceptors (Lipinski definition) is 5. The monoisotopic (exact) mass is 287 g/mol. The summed E-state index contributed by atoms with van der Waals surface area (Å²) >= 11 is 1.14. The van der Waals surface area contributed by atoms with Crippen molar-refractivity contribution in [1.82, 2.24) is 4.98 Å². The molecule has 1 amide bonds. The van der Waals surface area contributed by atoms with Gasteiger partial charge in [-0.2, -0.15) is 0 Å². The van der Waals surface area contributed by atoms with E-state index >= 15 is 0 Å². The molecule has 0 radical (unpaired) electrons. The molecular formula is C14H13N3O2S. The second kappa shape index (κ2) is 5.05. The Balaban J connectivity index is 1.76. The minimum absolute atomic E-state index is 0.0419. The molecule has 20 heavy (non-hydrogen) atoms. The van der Waals surface area contributed by atoms with Gasteiger partial charge >= 0.3 is 0 Å². The predicted octanol–water partition coefficient (Wildman–Crippen LogP) is 2.57. The first-order valence-electron chi connectivity index (χ1n) is 6.32. The molecule has 102 valence electrons. The number of benzene rings is 1. The van der Waals surface area contributed by atoms with Gasteiger partial charge in [-0.05, 0) is 25.0 Å². The van der Waals surface area contributed by atoms with Gasteiger partial charge in [0, 0.05) is 11.5 Å². The van der Waals surface area contributed by atoms with Gasteiger partial charge in [-0.15, -0.1) is 0 Å². The lowest BCUT2D eigenvalue weighted by Gasteiger charge is -2.00. The molecule has 1 aromatic heterocycles. The van der Waals surface area contributed by atoms with Crippen LogP contribution in [0.1, 0.15) is 32.9 Å². The first kappa shape index (κ1) is 12.8. The Hall–Kier alpha value is -2.21. The van der Waals surface area contributed by atoms with Gasteiger partial charge in [0.25, 0.3) is 5.91 Å². The van der Waals surface area contributed by atoms with Gasteiger partial charge in [0.15, 0.2) is 10.9 Å². The van der Waals surface area contributed by atoms with Crippen molar-refractivity contribution in [2.45, 2.75) is 12.8 Å². The van der Waals surface area contributed by atoms with Crippen molar-refractivity contribution in [3.63, 3.8) is 0 Å². The molecule has 1 aromatic carbocycles. The Morgan fingerprint density at radius 3 is 2.60 bits per heavy atom. The number of ketones is 1. The van der Waals surface area contributed by atoms with E-state index in [-0.39, 0.29) is 23.4 Å². The van der Waals surface area contributed by atoms with Gasteiger partial charge in [-0.3, -0.25) is 14.9 Å². The number of nitrogens with one attached hydrogen (secondary N) is 1. The fraction of sp³-hybridized carbons (Fsp3) is 0.214. The lowest BCUT2D eigenvalue weighted by molar-refractivity contribution is 0.0971. The topological polar surface area (TPSA) is 85.1 Å². The Labute approximate surface area is 119 Å². The van der Waals surface area contributed by atoms with Crippen molar-refractivity contribution in [2.75, 3.05) is 11.1 Å². The first-order valence-corrected chi connectivity index (χ1v) is 7.13. The minimum Gasteiger partial charge on any atom is -0.382 e. The van der Waals surface area contributed by atoms with Crippen LogP contribution in [0.3, 0.4) is 0 Å². The highest BCUT2D eigenvalue weighted by atomic mass is 32.1. The van der Waals surface area contributed by atoms with Crippen molar-refractivity contribution in [3.05, 3.63) is 40.8 Å². The molecular weight excluding hydrogens is 274 g/mol. The molecule has 1 saturated carbocycles. The van der Waals surface area contributed by atoms with Crippen molar-refractivity contribution in [1.29, 1.82) is 0 Å². The number of thiazole rings is 1. The molecule has 0 unspecified atom stereocenters. The van der Waals surface area contributed by atoms with Crippen LogP contribution in [-0.4, -0.2) is 16.7 Å². The molecule has 0 saturated heterocycles. The van der Waals surface area contributed by atoms with Crippen molar-refractivity contribution in [3.8, 4) is 0 Å². The molecule has 5 nitrogen and oxygen atoms in total. The zero-order chi connectivity index (χ0) is 14.1. The SMILES string of the molecule is Nc1nc(NC(=O)c2ccccc2)sc1C(=O)C1CC1. The molecule has 3 rings (SSSR count). The smallest absolute Gasteiger partial charge is 0.257 e. The zero-order valence-electron chi connectivity index (χ0n) is 10.6. The van der Waals surface area contributed by atoms with E-state index in [9.17, 15) is 9.59 Å². The average Bonchev–Trinajstić information content (AvgIpc) is 3.24. The third-order valence-corrected chi connectivity index (χ3v) is 4.08. The van der Waals surface area contributed by atoms with E-state index in [1.165, 1.54) is 0 Å². The number of nitrogen functional groups attached to an aromatic ring is 1. The molecule has 0 aliphatic heterocycles. The van der Waals surface area contributed by atoms with Crippen LogP contribution in [0.15, 0.2) is 30.3 Å². The number of nitrogens with two attached hydrogens (primary N) is 1. The quantitative estimate of drug-likeness (QED) is 0.846. The summed E-state index contributed by atoms with van der Waals surface area (Å²) in [6.07, 6.45) is 1.84. The number of rotatable bonds is 4. The summed E-state index contributed by atoms with van der Waals surface area (Å²) in [7, 11) is 0. The molecule has 3 N–H and O–H groups in total. The van der Waals surface area contributed by atoms with E-state index in [2.05, 4.69) is 10.3 Å². The summed E-state index contributed by atoms with van der Waals surface area (Å²) in [4.78, 5) is 28.5. The molecule has 0 spiro atoms. The summed E-state index contributed by atoms with van der Waals surface area (Å²) < 4.78 is 0. The normalized spacial score (nSPS) is 14.0. The summed E-state index contributed by atoms with van der Waals surface area (Å²) in [5, 5.41) is 3.03. The third kappa shape index (κ3) is 2.55. The second-order valence-corrected chi connectivity index (χ2v) is 5.69. The Morgan fingerprint density at radius 1 is 1.25 bits per heavy atom. The summed E-state index contributed by atoms with van der Waals surface area (Å²) in [6, 6.07) is 8.83. The fourth-order valence-electron chi connectivity index (χ4n) is 1.85. The van der Waals surface area contributed by atoms with Crippen molar-refractivity contribution < 1.29 is 9.59 Å². The van der Waals surface area contributed by atoms with Crippen LogP contribution >= 0.6 is 11.3 Å². The summed E-state index contributed by atoms with van der Waals surface area (Å²) in [6.45, 7) is 0. The number of amides is 1. The average molecular weight is 287 g/mol. The standard InChI is InChI=1S/C14H13N3O2S/c15-12-11(10(18)8-6-7-8)20-14(16-12)17-13(19)9-4-2-1-3-5-9/h1-5,8H,6-7,15H2,(H,16,17,19). The van der Waals surface area contributed by atoms with Crippen molar-refractivity contribution >= 4 is 34.0 Å². The van der Waals surface area contributed by atoms with Gasteiger partial charge in [0.05, 0.1) is 0 Å². The number of anilines is 2. The fourth-order valence-corrected chi connectivity index (χ4v) is 2.75. The van der Waals surface area contributed by atoms with Crippen LogP contribution in [0, 0.1) is 5.92 Å². The number of nitrogens with zero attached hydrogens (tertiary/aromatic N) is 1. The third-order valence-electron chi connectivity index (χ3n) is 3.08. The van der Waals surface area contributed by atoms with E-state index < -0.39 is 0 Å². The highest BCUT2D eigenvalue weighted by molar-refractivity contribution is 7.18. The molecule has 1 aliphatic carbocycles. The van der Waals surface area contributed by atoms with Gasteiger partial charge < -0.3 is 5.73 Å². The van der Waals surface area contributed by atoms with Crippen LogP contribution in [-0.2, 0) is 0 Å². The number of carbonyl (C=O) groups is 2. The number of carbonyl (C=O) groups excluding carboxylic acids is 2. The van der Waals surface area contributed by atoms with Crippen LogP contribution in [0.5, 0.6) is 0 Å². The van der Waals surface area contributed by atoms with Gasteiger partial charge in [-0.25, -0.2) is 4.98 Å². The highest BCUT2D eigenvalue weighted by Crippen LogP contribution is 2.37. The molecule has 6 heteroatoms. The van der Waals surface area contributed by atoms with E-state index in [1.54, 1.807) is 24.3 Å². The van der Waals surface area contributed by atoms with E-state index in [0.29, 0.717) is 15.6 Å². The Morgan fingerprint density at radius 2 is 1.95 bits per heavy atom. The van der Waals surface area contributed by atoms with E-state index in [0.717, 1.165) is 24.2 Å². The molecule has 1 fully saturated rings. The van der Waals surface area contributed by atoms with Crippen LogP contribution in [0.25, 0.3) is 0 Å². The van der Waals surface area contributed by atoms with E-state index in [1.807, 2.05) is 6.07 Å². The van der Waals surface area contributed by atoms with Crippen LogP contribution in [0.4, 0.5) is 10.9 Å². The second-order valence-electron chi connectivity index (χ2n) is 4.69. The van der Waals surface area contributed by atoms with Crippen LogP contribution in [0.2, 0.25) is 0 Å². The Bertz CT molecular complexity index is 662. The minimum atomic E-state index is -0.259. The maximum absolute atomic E-state index is 12.0. The zero-order valence-corrected chi connectivity index (χ0v) is 11.4. The van der Waals surface area contributed by atoms with Gasteiger partial charge in [-0.1, -0.05) is 29.5 Å². The van der Waals surface area contributed by atoms with Gasteiger partial charge in [0.2, 0.25) is 0 Å². The number of hydrogen-bond donors (Lipinski definition) is 2. The van der Waals surface area contributed by atoms with Crippen molar-refractivity contribution in [2.24, 2.45) is 5.92 Å². The van der Waals surface area contributed by atoms with E-state index in [4.69, 9.17) is 5.73 Å². The number of Topliss-reactive ketones (excluding diaryl/α,β-unsaturated/α-hetero) is 1. The van der Waals surface area contributed by atoms with Crippen LogP contribution < -0.4 is 11.1 Å². The lowest BCUT2D eigenvalue weighted by atomic mass is 10.2. The predicted molar refractivity (Wildman–Crippen MR) is 78.0 cm³/mol. The first-order chi connectivity index (χ1) is 9.65. The molecule has 1 aliphatic rings. The molecule has 1 heterocycles. The molecule has 2 aromatic rings. The maximum Gasteiger partial charge on any atom is 0.257 e. The molecule has 0 atom stereocenters. The highest BCUT2D eigenvalue weighted by Gasteiger charge is 2.33. The maximum atomic E-state index is 12.0. The molecule has 0 bridgehead atoms. The lowest BCUT2D eigenvalue weighted by Crippen LogP contribution is -2.11. The summed E-state index contributed by atoms with van der Waals surface area (Å²) in [5.41, 5.74) is 6.29. The largest absolute Gasteiger partial charge is 0.382 e. The number of aromatic nitrogens is 1. The Kier molecular flexibility index (Phi) is 3.23. The summed E-state index contributed by atoms with van der Waals surface area (Å²) in [5.74, 6) is 0.0793.